The third kappa shape index (κ3) is 2.15. The van der Waals surface area contributed by atoms with E-state index < -0.39 is 0 Å². The van der Waals surface area contributed by atoms with Gasteiger partial charge in [0.2, 0.25) is 0 Å². The molecule has 6 heteroatoms. The molecule has 0 unspecified atom stereocenters. The van der Waals surface area contributed by atoms with Crippen LogP contribution in [0.3, 0.4) is 0 Å². The van der Waals surface area contributed by atoms with Crippen molar-refractivity contribution in [2.75, 3.05) is 0 Å². The van der Waals surface area contributed by atoms with Gasteiger partial charge in [-0.1, -0.05) is 23.2 Å². The van der Waals surface area contributed by atoms with E-state index in [1.54, 1.807) is 16.9 Å². The molecule has 0 radical (unpaired) electrons. The largest absolute Gasteiger partial charge is 0.221 e. The maximum absolute atomic E-state index is 5.99. The maximum atomic E-state index is 5.99. The van der Waals surface area contributed by atoms with Gasteiger partial charge in [-0.25, -0.2) is 14.6 Å². The Morgan fingerprint density at radius 3 is 2.65 bits per heavy atom. The maximum Gasteiger partial charge on any atom is 0.158 e. The molecule has 1 aliphatic rings. The molecule has 0 saturated heterocycles. The van der Waals surface area contributed by atoms with Crippen molar-refractivity contribution in [1.29, 1.82) is 0 Å². The molecule has 1 aliphatic carbocycles. The van der Waals surface area contributed by atoms with Gasteiger partial charge in [0.1, 0.15) is 11.0 Å². The van der Waals surface area contributed by atoms with Crippen molar-refractivity contribution >= 4 is 23.2 Å². The molecule has 3 rings (SSSR count). The van der Waals surface area contributed by atoms with E-state index in [4.69, 9.17) is 23.2 Å². The lowest BCUT2D eigenvalue weighted by molar-refractivity contribution is 0.800. The predicted molar refractivity (Wildman–Crippen MR) is 65.9 cm³/mol. The van der Waals surface area contributed by atoms with Crippen LogP contribution in [0.1, 0.15) is 30.3 Å². The number of rotatable bonds is 2. The van der Waals surface area contributed by atoms with E-state index in [1.165, 1.54) is 0 Å². The van der Waals surface area contributed by atoms with Gasteiger partial charge in [-0.05, 0) is 19.8 Å². The minimum Gasteiger partial charge on any atom is -0.221 e. The molecule has 88 valence electrons. The van der Waals surface area contributed by atoms with Crippen LogP contribution in [0.15, 0.2) is 12.3 Å². The van der Waals surface area contributed by atoms with E-state index >= 15 is 0 Å². The van der Waals surface area contributed by atoms with Crippen molar-refractivity contribution in [2.24, 2.45) is 0 Å². The summed E-state index contributed by atoms with van der Waals surface area (Å²) in [6.45, 7) is 1.85. The molecular formula is C11H10Cl2N4. The number of hydrogen-bond acceptors (Lipinski definition) is 3. The smallest absolute Gasteiger partial charge is 0.158 e. The highest BCUT2D eigenvalue weighted by Crippen LogP contribution is 2.38. The third-order valence-corrected chi connectivity index (χ3v) is 3.28. The summed E-state index contributed by atoms with van der Waals surface area (Å²) in [5.41, 5.74) is 0.773. The number of aryl methyl sites for hydroxylation is 1. The van der Waals surface area contributed by atoms with Crippen molar-refractivity contribution in [3.8, 4) is 5.82 Å². The van der Waals surface area contributed by atoms with Crippen molar-refractivity contribution in [2.45, 2.75) is 25.7 Å². The van der Waals surface area contributed by atoms with Crippen LogP contribution >= 0.6 is 23.2 Å². The lowest BCUT2D eigenvalue weighted by atomic mass is 10.4. The first-order valence-electron chi connectivity index (χ1n) is 5.40. The molecule has 17 heavy (non-hydrogen) atoms. The van der Waals surface area contributed by atoms with Gasteiger partial charge in [0.25, 0.3) is 0 Å². The zero-order valence-corrected chi connectivity index (χ0v) is 10.7. The summed E-state index contributed by atoms with van der Waals surface area (Å²) in [5.74, 6) is 1.93. The van der Waals surface area contributed by atoms with Crippen LogP contribution < -0.4 is 0 Å². The Balaban J connectivity index is 2.07. The number of aromatic nitrogens is 4. The minimum absolute atomic E-state index is 0.446. The number of halogens is 2. The first-order chi connectivity index (χ1) is 8.13. The first kappa shape index (κ1) is 11.0. The lowest BCUT2D eigenvalue weighted by Crippen LogP contribution is -2.03. The summed E-state index contributed by atoms with van der Waals surface area (Å²) in [5, 5.41) is 5.34. The van der Waals surface area contributed by atoms with E-state index in [-0.39, 0.29) is 0 Å². The molecule has 0 bridgehead atoms. The fraction of sp³-hybridized carbons (Fsp3) is 0.364. The Morgan fingerprint density at radius 2 is 2.06 bits per heavy atom. The molecule has 0 amide bonds. The second-order valence-electron chi connectivity index (χ2n) is 4.19. The Bertz CT molecular complexity index is 555. The van der Waals surface area contributed by atoms with Crippen molar-refractivity contribution in [3.63, 3.8) is 0 Å². The van der Waals surface area contributed by atoms with Crippen LogP contribution in [-0.2, 0) is 0 Å². The molecule has 0 aromatic carbocycles. The SMILES string of the molecule is Cc1nn(-c2cc(Cl)nc(C3CC3)n2)cc1Cl. The van der Waals surface area contributed by atoms with Crippen LogP contribution in [0.5, 0.6) is 0 Å². The topological polar surface area (TPSA) is 43.6 Å². The zero-order valence-electron chi connectivity index (χ0n) is 9.19. The summed E-state index contributed by atoms with van der Waals surface area (Å²) in [7, 11) is 0. The van der Waals surface area contributed by atoms with Crippen molar-refractivity contribution < 1.29 is 0 Å². The molecule has 0 aliphatic heterocycles. The second-order valence-corrected chi connectivity index (χ2v) is 4.98. The molecule has 2 aromatic rings. The van der Waals surface area contributed by atoms with Crippen LogP contribution in [-0.4, -0.2) is 19.7 Å². The van der Waals surface area contributed by atoms with Crippen molar-refractivity contribution in [1.82, 2.24) is 19.7 Å². The highest BCUT2D eigenvalue weighted by molar-refractivity contribution is 6.31. The van der Waals surface area contributed by atoms with Crippen LogP contribution in [0, 0.1) is 6.92 Å². The predicted octanol–water partition coefficient (Wildman–Crippen LogP) is 3.15. The fourth-order valence-corrected chi connectivity index (χ4v) is 1.94. The standard InChI is InChI=1S/C11H10Cl2N4/c1-6-8(12)5-17(16-6)10-4-9(13)14-11(15-10)7-2-3-7/h4-5,7H,2-3H2,1H3. The van der Waals surface area contributed by atoms with Gasteiger partial charge < -0.3 is 0 Å². The van der Waals surface area contributed by atoms with Crippen LogP contribution in [0.25, 0.3) is 5.82 Å². The average Bonchev–Trinajstić information content (AvgIpc) is 3.06. The highest BCUT2D eigenvalue weighted by atomic mass is 35.5. The Hall–Kier alpha value is -1.13. The molecule has 2 aromatic heterocycles. The van der Waals surface area contributed by atoms with E-state index in [2.05, 4.69) is 15.1 Å². The average molecular weight is 269 g/mol. The van der Waals surface area contributed by atoms with Crippen LogP contribution in [0.4, 0.5) is 0 Å². The molecule has 4 nitrogen and oxygen atoms in total. The summed E-state index contributed by atoms with van der Waals surface area (Å²) in [6, 6.07) is 1.69. The lowest BCUT2D eigenvalue weighted by Gasteiger charge is -2.03. The van der Waals surface area contributed by atoms with Gasteiger partial charge in [0.15, 0.2) is 5.82 Å². The quantitative estimate of drug-likeness (QED) is 0.786. The second kappa shape index (κ2) is 3.96. The molecule has 0 atom stereocenters. The molecule has 0 N–H and O–H groups in total. The third-order valence-electron chi connectivity index (χ3n) is 2.71. The zero-order chi connectivity index (χ0) is 12.0. The first-order valence-corrected chi connectivity index (χ1v) is 6.15. The van der Waals surface area contributed by atoms with Gasteiger partial charge in [-0.2, -0.15) is 5.10 Å². The highest BCUT2D eigenvalue weighted by Gasteiger charge is 2.27. The fourth-order valence-electron chi connectivity index (χ4n) is 1.62. The monoisotopic (exact) mass is 268 g/mol. The number of nitrogens with zero attached hydrogens (tertiary/aromatic N) is 4. The van der Waals surface area contributed by atoms with E-state index in [1.807, 2.05) is 6.92 Å². The normalized spacial score (nSPS) is 15.2. The summed E-state index contributed by atoms with van der Waals surface area (Å²) < 4.78 is 1.64. The minimum atomic E-state index is 0.446. The van der Waals surface area contributed by atoms with E-state index in [0.717, 1.165) is 24.4 Å². The van der Waals surface area contributed by atoms with E-state index in [9.17, 15) is 0 Å². The Labute approximate surface area is 109 Å². The summed E-state index contributed by atoms with van der Waals surface area (Å²) in [4.78, 5) is 8.70. The van der Waals surface area contributed by atoms with Gasteiger partial charge in [0.05, 0.1) is 16.9 Å². The molecular weight excluding hydrogens is 259 g/mol. The van der Waals surface area contributed by atoms with Crippen molar-refractivity contribution in [3.05, 3.63) is 34.0 Å². The Morgan fingerprint density at radius 1 is 1.29 bits per heavy atom. The molecule has 0 spiro atoms. The molecule has 2 heterocycles. The molecule has 1 saturated carbocycles. The summed E-state index contributed by atoms with van der Waals surface area (Å²) >= 11 is 12.0. The van der Waals surface area contributed by atoms with Gasteiger partial charge in [-0.15, -0.1) is 0 Å². The molecule has 1 fully saturated rings. The van der Waals surface area contributed by atoms with Crippen LogP contribution in [0.2, 0.25) is 10.2 Å². The van der Waals surface area contributed by atoms with Gasteiger partial charge >= 0.3 is 0 Å². The van der Waals surface area contributed by atoms with Gasteiger partial charge in [-0.3, -0.25) is 0 Å². The Kier molecular flexibility index (Phi) is 2.56. The number of hydrogen-bond donors (Lipinski definition) is 0. The summed E-state index contributed by atoms with van der Waals surface area (Å²) in [6.07, 6.45) is 4.00. The van der Waals surface area contributed by atoms with E-state index in [0.29, 0.717) is 21.9 Å². The van der Waals surface area contributed by atoms with Gasteiger partial charge in [0, 0.05) is 12.0 Å².